The third kappa shape index (κ3) is 3.59. The van der Waals surface area contributed by atoms with Crippen molar-refractivity contribution in [2.75, 3.05) is 0 Å². The smallest absolute Gasteiger partial charge is 0.0818 e. The monoisotopic (exact) mass is 517 g/mol. The Kier molecular flexibility index (Phi) is 5.11. The van der Waals surface area contributed by atoms with Crippen LogP contribution in [0.25, 0.3) is 60.6 Å². The summed E-state index contributed by atoms with van der Waals surface area (Å²) < 4.78 is 4.77. The predicted molar refractivity (Wildman–Crippen MR) is 167 cm³/mol. The number of rotatable bonds is 4. The second-order valence-electron chi connectivity index (χ2n) is 9.81. The molecule has 0 aliphatic heterocycles. The second-order valence-corrected chi connectivity index (χ2v) is 11.0. The third-order valence-electron chi connectivity index (χ3n) is 7.54. The minimum absolute atomic E-state index is 0.400. The Labute approximate surface area is 227 Å². The Hall–Kier alpha value is -4.72. The standard InChI is InChI=1S/C35H24N3P/c1-5-18-31-26(13-1)27-14-2-6-19-32(27)37(31)25-12-9-11-24(23-25)30-17-10-22-35(36-30)39-38-33-20-7-3-15-28(33)29-16-4-8-21-34(29)38/h1-23,39H. The molecule has 3 heterocycles. The second kappa shape index (κ2) is 8.94. The maximum absolute atomic E-state index is 5.16. The van der Waals surface area contributed by atoms with E-state index in [-0.39, 0.29) is 0 Å². The van der Waals surface area contributed by atoms with E-state index >= 15 is 0 Å². The zero-order valence-corrected chi connectivity index (χ0v) is 22.1. The molecule has 0 bridgehead atoms. The molecule has 0 aliphatic rings. The zero-order valence-electron chi connectivity index (χ0n) is 21.1. The molecule has 1 unspecified atom stereocenters. The molecule has 1 atom stereocenters. The van der Waals surface area contributed by atoms with Gasteiger partial charge in [0, 0.05) is 41.5 Å². The van der Waals surface area contributed by atoms with E-state index < -0.39 is 0 Å². The molecule has 4 heteroatoms. The van der Waals surface area contributed by atoms with E-state index in [2.05, 4.69) is 148 Å². The van der Waals surface area contributed by atoms with Crippen molar-refractivity contribution in [2.24, 2.45) is 0 Å². The van der Waals surface area contributed by atoms with Gasteiger partial charge in [0.05, 0.1) is 33.2 Å². The molecule has 0 N–H and O–H groups in total. The van der Waals surface area contributed by atoms with Crippen LogP contribution in [0.5, 0.6) is 0 Å². The lowest BCUT2D eigenvalue weighted by Crippen LogP contribution is -2.05. The summed E-state index contributed by atoms with van der Waals surface area (Å²) in [6.07, 6.45) is 0. The molecule has 0 spiro atoms. The van der Waals surface area contributed by atoms with Crippen LogP contribution in [0.4, 0.5) is 0 Å². The molecule has 0 aliphatic carbocycles. The van der Waals surface area contributed by atoms with Crippen molar-refractivity contribution in [2.45, 2.75) is 0 Å². The fourth-order valence-electron chi connectivity index (χ4n) is 5.82. The largest absolute Gasteiger partial charge is 0.316 e. The van der Waals surface area contributed by atoms with Crippen molar-refractivity contribution < 1.29 is 0 Å². The van der Waals surface area contributed by atoms with E-state index in [0.717, 1.165) is 22.4 Å². The summed E-state index contributed by atoms with van der Waals surface area (Å²) in [6, 6.07) is 49.7. The summed E-state index contributed by atoms with van der Waals surface area (Å²) in [4.78, 5) is 5.16. The van der Waals surface area contributed by atoms with Gasteiger partial charge in [-0.05, 0) is 48.5 Å². The van der Waals surface area contributed by atoms with Crippen molar-refractivity contribution in [3.8, 4) is 16.9 Å². The number of nitrogens with zero attached hydrogens (tertiary/aromatic N) is 3. The van der Waals surface area contributed by atoms with Crippen LogP contribution in [0, 0.1) is 0 Å². The molecule has 3 nitrogen and oxygen atoms in total. The fourth-order valence-corrected chi connectivity index (χ4v) is 7.02. The Balaban J connectivity index is 1.23. The maximum Gasteiger partial charge on any atom is 0.0818 e. The van der Waals surface area contributed by atoms with Gasteiger partial charge < -0.3 is 8.90 Å². The predicted octanol–water partition coefficient (Wildman–Crippen LogP) is 8.72. The van der Waals surface area contributed by atoms with Crippen LogP contribution in [0.3, 0.4) is 0 Å². The normalized spacial score (nSPS) is 12.0. The van der Waals surface area contributed by atoms with E-state index in [9.17, 15) is 0 Å². The van der Waals surface area contributed by atoms with Crippen LogP contribution < -0.4 is 5.44 Å². The summed E-state index contributed by atoms with van der Waals surface area (Å²) in [5.41, 5.74) is 9.24. The Morgan fingerprint density at radius 1 is 0.462 bits per heavy atom. The van der Waals surface area contributed by atoms with E-state index in [1.165, 1.54) is 43.6 Å². The number of benzene rings is 5. The van der Waals surface area contributed by atoms with E-state index in [1.54, 1.807) is 0 Å². The van der Waals surface area contributed by atoms with Crippen LogP contribution in [0.2, 0.25) is 0 Å². The first-order chi connectivity index (χ1) is 19.3. The first kappa shape index (κ1) is 22.3. The van der Waals surface area contributed by atoms with Gasteiger partial charge >= 0.3 is 0 Å². The lowest BCUT2D eigenvalue weighted by molar-refractivity contribution is 1.18. The van der Waals surface area contributed by atoms with Gasteiger partial charge in [-0.2, -0.15) is 0 Å². The molecule has 0 fully saturated rings. The van der Waals surface area contributed by atoms with Crippen molar-refractivity contribution in [3.63, 3.8) is 0 Å². The highest BCUT2D eigenvalue weighted by Crippen LogP contribution is 2.35. The number of fused-ring (bicyclic) bond motifs is 6. The van der Waals surface area contributed by atoms with Crippen molar-refractivity contribution in [1.82, 2.24) is 13.9 Å². The minimum atomic E-state index is 0.400. The molecular weight excluding hydrogens is 493 g/mol. The molecule has 8 rings (SSSR count). The van der Waals surface area contributed by atoms with Crippen molar-refractivity contribution >= 4 is 57.8 Å². The van der Waals surface area contributed by atoms with Crippen molar-refractivity contribution in [3.05, 3.63) is 140 Å². The molecule has 0 saturated carbocycles. The quantitative estimate of drug-likeness (QED) is 0.214. The Morgan fingerprint density at radius 2 is 0.974 bits per heavy atom. The molecule has 39 heavy (non-hydrogen) atoms. The average Bonchev–Trinajstić information content (AvgIpc) is 3.51. The highest BCUT2D eigenvalue weighted by atomic mass is 31.1. The number of para-hydroxylation sites is 4. The number of hydrogen-bond acceptors (Lipinski definition) is 1. The van der Waals surface area contributed by atoms with Gasteiger partial charge in [-0.1, -0.05) is 91.0 Å². The van der Waals surface area contributed by atoms with Crippen LogP contribution in [-0.4, -0.2) is 13.9 Å². The lowest BCUT2D eigenvalue weighted by Gasteiger charge is -2.11. The fraction of sp³-hybridized carbons (Fsp3) is 0. The van der Waals surface area contributed by atoms with Crippen LogP contribution >= 0.6 is 8.73 Å². The van der Waals surface area contributed by atoms with Gasteiger partial charge in [0.1, 0.15) is 0 Å². The van der Waals surface area contributed by atoms with Crippen LogP contribution in [0.1, 0.15) is 0 Å². The molecule has 0 saturated heterocycles. The SMILES string of the molecule is c1cc(-c2cccc(Pn3c4ccccc4c4ccccc43)n2)cc(-n2c3ccccc3c3ccccc32)c1. The summed E-state index contributed by atoms with van der Waals surface area (Å²) in [5, 5.41) is 5.11. The van der Waals surface area contributed by atoms with Gasteiger partial charge in [0.2, 0.25) is 0 Å². The van der Waals surface area contributed by atoms with Crippen molar-refractivity contribution in [1.29, 1.82) is 0 Å². The van der Waals surface area contributed by atoms with E-state index in [4.69, 9.17) is 4.98 Å². The average molecular weight is 518 g/mol. The first-order valence-electron chi connectivity index (χ1n) is 13.2. The Bertz CT molecular complexity index is 2060. The maximum atomic E-state index is 5.16. The van der Waals surface area contributed by atoms with Gasteiger partial charge in [-0.3, -0.25) is 0 Å². The lowest BCUT2D eigenvalue weighted by atomic mass is 10.1. The molecular formula is C35H24N3P. The summed E-state index contributed by atoms with van der Waals surface area (Å²) in [7, 11) is 0.400. The van der Waals surface area contributed by atoms with E-state index in [1.807, 2.05) is 0 Å². The summed E-state index contributed by atoms with van der Waals surface area (Å²) in [6.45, 7) is 0. The molecule has 8 aromatic rings. The van der Waals surface area contributed by atoms with Gasteiger partial charge in [0.15, 0.2) is 0 Å². The molecule has 184 valence electrons. The molecule has 5 aromatic carbocycles. The summed E-state index contributed by atoms with van der Waals surface area (Å²) in [5.74, 6) is 0. The number of aromatic nitrogens is 3. The number of pyridine rings is 1. The Morgan fingerprint density at radius 3 is 1.59 bits per heavy atom. The third-order valence-corrected chi connectivity index (χ3v) is 8.75. The minimum Gasteiger partial charge on any atom is -0.316 e. The van der Waals surface area contributed by atoms with Gasteiger partial charge in [-0.25, -0.2) is 4.98 Å². The molecule has 3 aromatic heterocycles. The van der Waals surface area contributed by atoms with Gasteiger partial charge in [-0.15, -0.1) is 0 Å². The topological polar surface area (TPSA) is 22.8 Å². The number of hydrogen-bond donors (Lipinski definition) is 0. The van der Waals surface area contributed by atoms with Gasteiger partial charge in [0.25, 0.3) is 0 Å². The zero-order chi connectivity index (χ0) is 25.8. The first-order valence-corrected chi connectivity index (χ1v) is 14.1. The molecule has 0 radical (unpaired) electrons. The van der Waals surface area contributed by atoms with Crippen LogP contribution in [0.15, 0.2) is 140 Å². The molecule has 0 amide bonds. The van der Waals surface area contributed by atoms with Crippen LogP contribution in [-0.2, 0) is 0 Å². The highest BCUT2D eigenvalue weighted by molar-refractivity contribution is 7.45. The highest BCUT2D eigenvalue weighted by Gasteiger charge is 2.14. The summed E-state index contributed by atoms with van der Waals surface area (Å²) >= 11 is 0. The van der Waals surface area contributed by atoms with E-state index in [0.29, 0.717) is 8.73 Å².